The molecule has 2 aromatic rings. The highest BCUT2D eigenvalue weighted by Crippen LogP contribution is 2.46. The van der Waals surface area contributed by atoms with Crippen LogP contribution in [0.4, 0.5) is 19.0 Å². The van der Waals surface area contributed by atoms with Crippen LogP contribution in [0.2, 0.25) is 0 Å². The van der Waals surface area contributed by atoms with E-state index in [1.165, 1.54) is 12.3 Å². The fraction of sp³-hybridized carbons (Fsp3) is 0.364. The van der Waals surface area contributed by atoms with E-state index in [0.29, 0.717) is 12.8 Å². The minimum Gasteiger partial charge on any atom is -0.383 e. The van der Waals surface area contributed by atoms with Gasteiger partial charge >= 0.3 is 6.18 Å². The molecule has 0 unspecified atom stereocenters. The van der Waals surface area contributed by atoms with Crippen LogP contribution >= 0.6 is 0 Å². The molecule has 20 heavy (non-hydrogen) atoms. The van der Waals surface area contributed by atoms with E-state index >= 15 is 0 Å². The molecule has 2 heterocycles. The lowest BCUT2D eigenvalue weighted by molar-refractivity contribution is -0.138. The lowest BCUT2D eigenvalue weighted by atomic mass is 10.1. The Morgan fingerprint density at radius 3 is 2.55 bits per heavy atom. The van der Waals surface area contributed by atoms with Gasteiger partial charge in [0.05, 0.1) is 5.69 Å². The van der Waals surface area contributed by atoms with Crippen LogP contribution in [0.25, 0.3) is 5.95 Å². The van der Waals surface area contributed by atoms with Gasteiger partial charge in [0, 0.05) is 12.0 Å². The van der Waals surface area contributed by atoms with E-state index in [0.717, 1.165) is 4.74 Å². The molecule has 106 valence electrons. The van der Waals surface area contributed by atoms with Gasteiger partial charge < -0.3 is 10.3 Å². The summed E-state index contributed by atoms with van der Waals surface area (Å²) in [7, 11) is 0. The largest absolute Gasteiger partial charge is 0.421 e. The number of nitrogen functional groups attached to an aromatic ring is 1. The molecule has 2 aromatic heterocycles. The summed E-state index contributed by atoms with van der Waals surface area (Å²) in [6.45, 7) is 0. The number of nitrogens with two attached hydrogens (primary N) is 1. The first kappa shape index (κ1) is 12.7. The van der Waals surface area contributed by atoms with E-state index in [2.05, 4.69) is 9.97 Å². The molecular formula is C11H10F3N5O. The molecule has 0 aliphatic heterocycles. The number of hydrogen-bond donors (Lipinski definition) is 2. The Balaban J connectivity index is 2.22. The summed E-state index contributed by atoms with van der Waals surface area (Å²) in [5, 5.41) is 7.55. The maximum absolute atomic E-state index is 13.0. The summed E-state index contributed by atoms with van der Waals surface area (Å²) in [6, 6.07) is 1.33. The topological polar surface area (TPSA) is 93.7 Å². The number of alkyl halides is 3. The second-order valence-electron chi connectivity index (χ2n) is 4.53. The number of anilines is 1. The number of aromatic nitrogens is 3. The lowest BCUT2D eigenvalue weighted by Gasteiger charge is -2.14. The van der Waals surface area contributed by atoms with E-state index in [4.69, 9.17) is 15.7 Å². The minimum absolute atomic E-state index is 0.0779. The van der Waals surface area contributed by atoms with Crippen LogP contribution in [0.15, 0.2) is 16.9 Å². The Labute approximate surface area is 110 Å². The molecule has 0 spiro atoms. The van der Waals surface area contributed by atoms with Gasteiger partial charge in [-0.1, -0.05) is 0 Å². The molecule has 3 N–H and O–H groups in total. The quantitative estimate of drug-likeness (QED) is 0.880. The molecule has 9 heteroatoms. The van der Waals surface area contributed by atoms with E-state index in [9.17, 15) is 13.2 Å². The van der Waals surface area contributed by atoms with Crippen molar-refractivity contribution in [3.63, 3.8) is 0 Å². The summed E-state index contributed by atoms with van der Waals surface area (Å²) in [5.41, 5.74) is 4.26. The van der Waals surface area contributed by atoms with Crippen LogP contribution in [-0.4, -0.2) is 14.7 Å². The van der Waals surface area contributed by atoms with Gasteiger partial charge in [0.25, 0.3) is 5.95 Å². The molecule has 0 radical (unpaired) electrons. The zero-order chi connectivity index (χ0) is 14.5. The zero-order valence-electron chi connectivity index (χ0n) is 10.1. The smallest absolute Gasteiger partial charge is 0.383 e. The van der Waals surface area contributed by atoms with Crippen molar-refractivity contribution in [2.24, 2.45) is 0 Å². The van der Waals surface area contributed by atoms with Crippen LogP contribution in [0.5, 0.6) is 0 Å². The van der Waals surface area contributed by atoms with Gasteiger partial charge in [-0.15, -0.1) is 4.74 Å². The van der Waals surface area contributed by atoms with E-state index in [1.807, 2.05) is 0 Å². The molecule has 0 bridgehead atoms. The van der Waals surface area contributed by atoms with Crippen LogP contribution < -0.4 is 11.2 Å². The predicted octanol–water partition coefficient (Wildman–Crippen LogP) is 1.82. The molecule has 1 aliphatic carbocycles. The Morgan fingerprint density at radius 2 is 2.05 bits per heavy atom. The van der Waals surface area contributed by atoms with Crippen molar-refractivity contribution in [3.8, 4) is 5.95 Å². The van der Waals surface area contributed by atoms with Crippen LogP contribution in [0.3, 0.4) is 0 Å². The van der Waals surface area contributed by atoms with Crippen LogP contribution in [0, 0.1) is 5.41 Å². The maximum Gasteiger partial charge on any atom is 0.421 e. The zero-order valence-corrected chi connectivity index (χ0v) is 10.1. The van der Waals surface area contributed by atoms with E-state index < -0.39 is 17.6 Å². The maximum atomic E-state index is 13.0. The highest BCUT2D eigenvalue weighted by atomic mass is 19.4. The van der Waals surface area contributed by atoms with Crippen LogP contribution in [-0.2, 0) is 6.18 Å². The molecular weight excluding hydrogens is 275 g/mol. The number of hydrogen-bond acceptors (Lipinski definition) is 5. The molecule has 0 atom stereocenters. The fourth-order valence-electron chi connectivity index (χ4n) is 1.95. The van der Waals surface area contributed by atoms with E-state index in [1.54, 1.807) is 0 Å². The first-order chi connectivity index (χ1) is 9.38. The third-order valence-electron chi connectivity index (χ3n) is 2.99. The van der Waals surface area contributed by atoms with Gasteiger partial charge in [0.2, 0.25) is 0 Å². The SMILES string of the molecule is N=c1ccon1-c1nc(N)c(C(F)(F)F)c(C2CC2)n1. The van der Waals surface area contributed by atoms with E-state index in [-0.39, 0.29) is 23.0 Å². The molecule has 1 saturated carbocycles. The van der Waals surface area contributed by atoms with Gasteiger partial charge in [-0.3, -0.25) is 5.41 Å². The first-order valence-electron chi connectivity index (χ1n) is 5.84. The molecule has 3 rings (SSSR count). The summed E-state index contributed by atoms with van der Waals surface area (Å²) < 4.78 is 44.9. The third-order valence-corrected chi connectivity index (χ3v) is 2.99. The summed E-state index contributed by atoms with van der Waals surface area (Å²) in [6.07, 6.45) is -2.11. The first-order valence-corrected chi connectivity index (χ1v) is 5.84. The summed E-state index contributed by atoms with van der Waals surface area (Å²) >= 11 is 0. The third kappa shape index (κ3) is 2.04. The molecule has 0 amide bonds. The van der Waals surface area contributed by atoms with Gasteiger partial charge in [-0.05, 0) is 12.8 Å². The van der Waals surface area contributed by atoms with Crippen molar-refractivity contribution in [1.82, 2.24) is 14.7 Å². The monoisotopic (exact) mass is 285 g/mol. The molecule has 0 aromatic carbocycles. The average molecular weight is 285 g/mol. The fourth-order valence-corrected chi connectivity index (χ4v) is 1.95. The van der Waals surface area contributed by atoms with Gasteiger partial charge in [-0.25, -0.2) is 4.98 Å². The van der Waals surface area contributed by atoms with Crippen molar-refractivity contribution < 1.29 is 17.7 Å². The molecule has 6 nitrogen and oxygen atoms in total. The Bertz CT molecular complexity index is 714. The number of nitrogens with one attached hydrogen (secondary N) is 1. The van der Waals surface area contributed by atoms with Gasteiger partial charge in [-0.2, -0.15) is 18.2 Å². The molecule has 1 fully saturated rings. The Kier molecular flexibility index (Phi) is 2.59. The number of rotatable bonds is 2. The number of nitrogens with zero attached hydrogens (tertiary/aromatic N) is 3. The predicted molar refractivity (Wildman–Crippen MR) is 60.9 cm³/mol. The van der Waals surface area contributed by atoms with Gasteiger partial charge in [0.1, 0.15) is 17.6 Å². The van der Waals surface area contributed by atoms with Crippen molar-refractivity contribution in [3.05, 3.63) is 29.1 Å². The summed E-state index contributed by atoms with van der Waals surface area (Å²) in [4.78, 5) is 7.51. The Morgan fingerprint density at radius 1 is 1.35 bits per heavy atom. The highest BCUT2D eigenvalue weighted by molar-refractivity contribution is 5.48. The van der Waals surface area contributed by atoms with Crippen LogP contribution in [0.1, 0.15) is 30.0 Å². The van der Waals surface area contributed by atoms with Crippen molar-refractivity contribution in [2.45, 2.75) is 24.9 Å². The van der Waals surface area contributed by atoms with Crippen molar-refractivity contribution in [1.29, 1.82) is 5.41 Å². The van der Waals surface area contributed by atoms with Gasteiger partial charge in [0.15, 0.2) is 5.49 Å². The Hall–Kier alpha value is -2.32. The number of halogens is 3. The van der Waals surface area contributed by atoms with Crippen molar-refractivity contribution >= 4 is 5.82 Å². The van der Waals surface area contributed by atoms with Crippen molar-refractivity contribution in [2.75, 3.05) is 5.73 Å². The second-order valence-corrected chi connectivity index (χ2v) is 4.53. The molecule has 0 saturated heterocycles. The highest BCUT2D eigenvalue weighted by Gasteiger charge is 2.42. The normalized spacial score (nSPS) is 15.6. The minimum atomic E-state index is -4.60. The second kappa shape index (κ2) is 4.09. The average Bonchev–Trinajstić information content (AvgIpc) is 3.09. The summed E-state index contributed by atoms with van der Waals surface area (Å²) in [5.74, 6) is -1.07. The molecule has 1 aliphatic rings. The lowest BCUT2D eigenvalue weighted by Crippen LogP contribution is -2.21. The standard InChI is InChI=1S/C11H10F3N5O/c12-11(13,14)7-8(5-1-2-5)17-10(18-9(7)16)19-6(15)3-4-20-19/h3-5,15H,1-2H2,(H2,16,17,18).